The van der Waals surface area contributed by atoms with Crippen molar-refractivity contribution >= 4 is 28.0 Å². The molecule has 0 aliphatic carbocycles. The van der Waals surface area contributed by atoms with E-state index in [2.05, 4.69) is 22.5 Å². The first-order valence-electron chi connectivity index (χ1n) is 6.72. The maximum absolute atomic E-state index is 11.4. The number of carbonyl (C=O) groups excluding carboxylic acids is 1. The van der Waals surface area contributed by atoms with Gasteiger partial charge in [0, 0.05) is 0 Å². The molecule has 0 aliphatic rings. The Hall–Kier alpha value is -1.33. The summed E-state index contributed by atoms with van der Waals surface area (Å²) in [5.74, 6) is 0.487. The van der Waals surface area contributed by atoms with E-state index in [0.29, 0.717) is 19.8 Å². The molecule has 0 N–H and O–H groups in total. The smallest absolute Gasteiger partial charge is 0.322 e. The predicted molar refractivity (Wildman–Crippen MR) is 86.8 cm³/mol. The van der Waals surface area contributed by atoms with Crippen molar-refractivity contribution in [2.75, 3.05) is 26.4 Å². The maximum Gasteiger partial charge on any atom is 0.322 e. The summed E-state index contributed by atoms with van der Waals surface area (Å²) in [6.45, 7) is 8.65. The van der Waals surface area contributed by atoms with E-state index in [-0.39, 0.29) is 12.6 Å². The van der Waals surface area contributed by atoms with Crippen LogP contribution in [0.5, 0.6) is 5.75 Å². The highest BCUT2D eigenvalue weighted by molar-refractivity contribution is 9.10. The zero-order valence-corrected chi connectivity index (χ0v) is 14.0. The van der Waals surface area contributed by atoms with Crippen LogP contribution in [0.4, 0.5) is 0 Å². The highest BCUT2D eigenvalue weighted by Crippen LogP contribution is 2.17. The van der Waals surface area contributed by atoms with Gasteiger partial charge in [0.1, 0.15) is 23.3 Å². The first-order chi connectivity index (χ1) is 9.93. The van der Waals surface area contributed by atoms with Gasteiger partial charge in [-0.2, -0.15) is 0 Å². The minimum absolute atomic E-state index is 0.238. The van der Waals surface area contributed by atoms with Gasteiger partial charge in [-0.1, -0.05) is 40.7 Å². The fourth-order valence-electron chi connectivity index (χ4n) is 1.39. The molecular weight excluding hydrogens is 336 g/mol. The Bertz CT molecular complexity index is 448. The summed E-state index contributed by atoms with van der Waals surface area (Å²) in [7, 11) is 0. The van der Waals surface area contributed by atoms with Crippen molar-refractivity contribution in [1.29, 1.82) is 0 Å². The molecule has 1 rings (SSSR count). The van der Waals surface area contributed by atoms with Crippen molar-refractivity contribution in [2.24, 2.45) is 0 Å². The zero-order valence-electron chi connectivity index (χ0n) is 12.4. The number of carbonyl (C=O) groups is 1. The van der Waals surface area contributed by atoms with Crippen LogP contribution in [0.15, 0.2) is 30.8 Å². The van der Waals surface area contributed by atoms with Crippen molar-refractivity contribution in [3.05, 3.63) is 36.4 Å². The highest BCUT2D eigenvalue weighted by Gasteiger charge is 2.25. The van der Waals surface area contributed by atoms with Gasteiger partial charge in [0.05, 0.1) is 13.2 Å². The second kappa shape index (κ2) is 8.85. The van der Waals surface area contributed by atoms with E-state index in [0.717, 1.165) is 11.3 Å². The lowest BCUT2D eigenvalue weighted by molar-refractivity contribution is -0.147. The Kier molecular flexibility index (Phi) is 7.47. The summed E-state index contributed by atoms with van der Waals surface area (Å²) in [5.41, 5.74) is 1.05. The van der Waals surface area contributed by atoms with Gasteiger partial charge in [-0.15, -0.1) is 0 Å². The third kappa shape index (κ3) is 7.29. The topological polar surface area (TPSA) is 44.8 Å². The van der Waals surface area contributed by atoms with E-state index in [1.807, 2.05) is 24.3 Å². The molecule has 0 atom stereocenters. The van der Waals surface area contributed by atoms with Crippen molar-refractivity contribution in [3.63, 3.8) is 0 Å². The fourth-order valence-corrected chi connectivity index (χ4v) is 1.50. The molecule has 0 aromatic heterocycles. The summed E-state index contributed by atoms with van der Waals surface area (Å²) in [4.78, 5) is 11.4. The molecule has 4 nitrogen and oxygen atoms in total. The van der Waals surface area contributed by atoms with Crippen LogP contribution in [0, 0.1) is 0 Å². The van der Waals surface area contributed by atoms with E-state index in [1.165, 1.54) is 0 Å². The average Bonchev–Trinajstić information content (AvgIpc) is 2.45. The quantitative estimate of drug-likeness (QED) is 0.386. The maximum atomic E-state index is 11.4. The summed E-state index contributed by atoms with van der Waals surface area (Å²) in [6, 6.07) is 7.64. The molecule has 0 fully saturated rings. The van der Waals surface area contributed by atoms with Crippen LogP contribution in [0.25, 0.3) is 6.08 Å². The van der Waals surface area contributed by atoms with Gasteiger partial charge in [-0.3, -0.25) is 4.79 Å². The van der Waals surface area contributed by atoms with Crippen LogP contribution < -0.4 is 4.74 Å². The van der Waals surface area contributed by atoms with Crippen molar-refractivity contribution in [2.45, 2.75) is 18.2 Å². The molecule has 1 aromatic rings. The van der Waals surface area contributed by atoms with Gasteiger partial charge < -0.3 is 14.2 Å². The van der Waals surface area contributed by atoms with Crippen LogP contribution in [-0.2, 0) is 14.3 Å². The number of ether oxygens (including phenoxy) is 3. The standard InChI is InChI=1S/C16H21BrO4/c1-4-13-5-7-14(8-6-13)20-11-9-19-10-12-21-15(18)16(2,3)17/h4-8H,1,9-12H2,2-3H3. The molecule has 1 aromatic carbocycles. The Morgan fingerprint density at radius 1 is 1.19 bits per heavy atom. The number of alkyl halides is 1. The van der Waals surface area contributed by atoms with Gasteiger partial charge in [0.25, 0.3) is 0 Å². The third-order valence-electron chi connectivity index (χ3n) is 2.56. The lowest BCUT2D eigenvalue weighted by atomic mass is 10.2. The van der Waals surface area contributed by atoms with Crippen LogP contribution in [0.2, 0.25) is 0 Å². The number of hydrogen-bond acceptors (Lipinski definition) is 4. The predicted octanol–water partition coefficient (Wildman–Crippen LogP) is 3.44. The minimum Gasteiger partial charge on any atom is -0.491 e. The molecule has 0 amide bonds. The van der Waals surface area contributed by atoms with Crippen LogP contribution in [0.3, 0.4) is 0 Å². The van der Waals surface area contributed by atoms with Crippen LogP contribution >= 0.6 is 15.9 Å². The summed E-state index contributed by atoms with van der Waals surface area (Å²) in [6.07, 6.45) is 1.78. The first kappa shape index (κ1) is 17.7. The second-order valence-corrected chi connectivity index (χ2v) is 6.82. The zero-order chi connectivity index (χ0) is 15.7. The molecule has 0 spiro atoms. The Morgan fingerprint density at radius 2 is 1.81 bits per heavy atom. The van der Waals surface area contributed by atoms with Gasteiger partial charge in [-0.05, 0) is 31.5 Å². The summed E-state index contributed by atoms with van der Waals surface area (Å²) >= 11 is 3.23. The second-order valence-electron chi connectivity index (χ2n) is 4.84. The number of esters is 1. The molecule has 0 bridgehead atoms. The average molecular weight is 357 g/mol. The molecule has 5 heteroatoms. The first-order valence-corrected chi connectivity index (χ1v) is 7.52. The normalized spacial score (nSPS) is 11.0. The number of benzene rings is 1. The number of rotatable bonds is 9. The Labute approximate surface area is 134 Å². The SMILES string of the molecule is C=Cc1ccc(OCCOCCOC(=O)C(C)(C)Br)cc1. The Morgan fingerprint density at radius 3 is 2.38 bits per heavy atom. The van der Waals surface area contributed by atoms with Crippen molar-refractivity contribution < 1.29 is 19.0 Å². The molecule has 0 heterocycles. The monoisotopic (exact) mass is 356 g/mol. The van der Waals surface area contributed by atoms with E-state index in [1.54, 1.807) is 19.9 Å². The van der Waals surface area contributed by atoms with Crippen molar-refractivity contribution in [3.8, 4) is 5.75 Å². The van der Waals surface area contributed by atoms with E-state index < -0.39 is 4.32 Å². The van der Waals surface area contributed by atoms with Gasteiger partial charge in [0.15, 0.2) is 0 Å². The summed E-state index contributed by atoms with van der Waals surface area (Å²) < 4.78 is 15.2. The molecule has 21 heavy (non-hydrogen) atoms. The molecule has 0 saturated heterocycles. The Balaban J connectivity index is 2.07. The van der Waals surface area contributed by atoms with E-state index in [9.17, 15) is 4.79 Å². The van der Waals surface area contributed by atoms with E-state index in [4.69, 9.17) is 14.2 Å². The van der Waals surface area contributed by atoms with Gasteiger partial charge in [0.2, 0.25) is 0 Å². The molecule has 0 saturated carbocycles. The molecule has 0 aliphatic heterocycles. The lowest BCUT2D eigenvalue weighted by Gasteiger charge is -2.14. The van der Waals surface area contributed by atoms with Gasteiger partial charge in [-0.25, -0.2) is 0 Å². The highest BCUT2D eigenvalue weighted by atomic mass is 79.9. The molecular formula is C16H21BrO4. The number of halogens is 1. The minimum atomic E-state index is -0.659. The summed E-state index contributed by atoms with van der Waals surface area (Å²) in [5, 5.41) is 0. The number of hydrogen-bond donors (Lipinski definition) is 0. The fraction of sp³-hybridized carbons (Fsp3) is 0.438. The van der Waals surface area contributed by atoms with Crippen LogP contribution in [-0.4, -0.2) is 36.7 Å². The van der Waals surface area contributed by atoms with Crippen molar-refractivity contribution in [1.82, 2.24) is 0 Å². The lowest BCUT2D eigenvalue weighted by Crippen LogP contribution is -2.28. The third-order valence-corrected chi connectivity index (χ3v) is 2.88. The van der Waals surface area contributed by atoms with Crippen LogP contribution in [0.1, 0.15) is 19.4 Å². The molecule has 0 unspecified atom stereocenters. The molecule has 0 radical (unpaired) electrons. The van der Waals surface area contributed by atoms with Gasteiger partial charge >= 0.3 is 5.97 Å². The molecule has 116 valence electrons. The largest absolute Gasteiger partial charge is 0.491 e. The van der Waals surface area contributed by atoms with E-state index >= 15 is 0 Å².